The maximum atomic E-state index is 13.8. The Morgan fingerprint density at radius 2 is 1.82 bits per heavy atom. The summed E-state index contributed by atoms with van der Waals surface area (Å²) in [5.41, 5.74) is 1.46. The molecular formula is C26H19ClF3N3O. The molecule has 6 rings (SSSR count). The molecule has 8 heteroatoms. The number of piperidine rings is 1. The molecule has 0 unspecified atom stereocenters. The van der Waals surface area contributed by atoms with E-state index in [2.05, 4.69) is 9.97 Å². The zero-order valence-corrected chi connectivity index (χ0v) is 18.6. The first-order valence-electron chi connectivity index (χ1n) is 11.0. The number of benzene rings is 3. The van der Waals surface area contributed by atoms with E-state index in [0.29, 0.717) is 23.4 Å². The van der Waals surface area contributed by atoms with Crippen molar-refractivity contribution in [1.82, 2.24) is 14.9 Å². The Morgan fingerprint density at radius 1 is 1.09 bits per heavy atom. The van der Waals surface area contributed by atoms with Gasteiger partial charge < -0.3 is 9.88 Å². The van der Waals surface area contributed by atoms with Crippen molar-refractivity contribution in [3.8, 4) is 11.1 Å². The zero-order chi connectivity index (χ0) is 23.7. The lowest BCUT2D eigenvalue weighted by Gasteiger charge is -2.28. The first-order chi connectivity index (χ1) is 16.3. The molecule has 2 aliphatic rings. The fraction of sp³-hybridized carbons (Fsp3) is 0.231. The second-order valence-corrected chi connectivity index (χ2v) is 9.32. The topological polar surface area (TPSA) is 49.0 Å². The summed E-state index contributed by atoms with van der Waals surface area (Å²) in [6.45, 7) is 0.568. The molecule has 4 nitrogen and oxygen atoms in total. The van der Waals surface area contributed by atoms with E-state index in [9.17, 15) is 18.0 Å². The number of alkyl halides is 3. The van der Waals surface area contributed by atoms with Crippen LogP contribution in [0.1, 0.15) is 34.6 Å². The lowest BCUT2D eigenvalue weighted by atomic mass is 9.98. The largest absolute Gasteiger partial charge is 0.417 e. The fourth-order valence-electron chi connectivity index (χ4n) is 5.31. The van der Waals surface area contributed by atoms with Crippen molar-refractivity contribution >= 4 is 28.5 Å². The van der Waals surface area contributed by atoms with Gasteiger partial charge in [-0.25, -0.2) is 4.98 Å². The first kappa shape index (κ1) is 21.2. The molecule has 1 saturated heterocycles. The van der Waals surface area contributed by atoms with Crippen molar-refractivity contribution in [2.24, 2.45) is 5.92 Å². The normalized spacial score (nSPS) is 21.6. The molecule has 2 heterocycles. The third kappa shape index (κ3) is 3.14. The fourth-order valence-corrected chi connectivity index (χ4v) is 5.58. The number of aromatic amines is 1. The highest BCUT2D eigenvalue weighted by Gasteiger charge is 2.66. The maximum Gasteiger partial charge on any atom is 0.417 e. The molecule has 1 aliphatic carbocycles. The van der Waals surface area contributed by atoms with Crippen LogP contribution in [0.15, 0.2) is 66.7 Å². The highest BCUT2D eigenvalue weighted by molar-refractivity contribution is 6.32. The smallest absolute Gasteiger partial charge is 0.340 e. The zero-order valence-electron chi connectivity index (χ0n) is 17.9. The standard InChI is InChI=1S/C26H19ClF3N3O/c27-20-13-22-21(12-19(20)26(28,29)30)31-24(32-22)25-14-16(25)10-11-33(25)23(34)18-9-5-4-8-17(18)15-6-2-1-3-7-15/h1-9,12-13,16H,10-11,14H2,(H,31,32)/t16-,25+/m1/s1. The van der Waals surface area contributed by atoms with Gasteiger partial charge in [-0.05, 0) is 48.1 Å². The number of imidazole rings is 1. The number of carbonyl (C=O) groups excluding carboxylic acids is 1. The van der Waals surface area contributed by atoms with Crippen LogP contribution in [0.2, 0.25) is 5.02 Å². The maximum absolute atomic E-state index is 13.8. The summed E-state index contributed by atoms with van der Waals surface area (Å²) in [4.78, 5) is 23.3. The number of fused-ring (bicyclic) bond motifs is 2. The summed E-state index contributed by atoms with van der Waals surface area (Å²) in [6.07, 6.45) is -3.02. The summed E-state index contributed by atoms with van der Waals surface area (Å²) < 4.78 is 40.0. The molecule has 1 aliphatic heterocycles. The van der Waals surface area contributed by atoms with Crippen molar-refractivity contribution in [2.75, 3.05) is 6.54 Å². The van der Waals surface area contributed by atoms with Crippen molar-refractivity contribution in [2.45, 2.75) is 24.6 Å². The monoisotopic (exact) mass is 481 g/mol. The number of amides is 1. The second kappa shape index (κ2) is 7.34. The Morgan fingerprint density at radius 3 is 2.56 bits per heavy atom. The van der Waals surface area contributed by atoms with E-state index in [0.717, 1.165) is 30.0 Å². The van der Waals surface area contributed by atoms with Crippen LogP contribution in [-0.4, -0.2) is 27.3 Å². The Kier molecular flexibility index (Phi) is 4.58. The number of nitrogens with zero attached hydrogens (tertiary/aromatic N) is 2. The summed E-state index contributed by atoms with van der Waals surface area (Å²) in [6, 6.07) is 19.4. The van der Waals surface area contributed by atoms with Crippen LogP contribution in [0.3, 0.4) is 0 Å². The molecule has 0 bridgehead atoms. The predicted molar refractivity (Wildman–Crippen MR) is 123 cm³/mol. The quantitative estimate of drug-likeness (QED) is 0.355. The van der Waals surface area contributed by atoms with E-state index >= 15 is 0 Å². The minimum absolute atomic E-state index is 0.103. The van der Waals surface area contributed by atoms with Crippen LogP contribution in [-0.2, 0) is 11.7 Å². The molecule has 172 valence electrons. The Labute approximate surface area is 198 Å². The van der Waals surface area contributed by atoms with Gasteiger partial charge in [-0.1, -0.05) is 60.1 Å². The number of hydrogen-bond acceptors (Lipinski definition) is 2. The molecule has 0 radical (unpaired) electrons. The van der Waals surface area contributed by atoms with E-state index in [1.807, 2.05) is 59.5 Å². The van der Waals surface area contributed by atoms with E-state index < -0.39 is 17.3 Å². The number of likely N-dealkylation sites (tertiary alicyclic amines) is 1. The van der Waals surface area contributed by atoms with Gasteiger partial charge in [0.25, 0.3) is 5.91 Å². The van der Waals surface area contributed by atoms with Crippen molar-refractivity contribution < 1.29 is 18.0 Å². The minimum Gasteiger partial charge on any atom is -0.340 e. The molecule has 0 spiro atoms. The Balaban J connectivity index is 1.41. The Bertz CT molecular complexity index is 1430. The number of hydrogen-bond donors (Lipinski definition) is 1. The predicted octanol–water partition coefficient (Wildman–Crippen LogP) is 6.66. The molecule has 2 atom stereocenters. The summed E-state index contributed by atoms with van der Waals surface area (Å²) in [5.74, 6) is 0.637. The SMILES string of the molecule is O=C(c1ccccc1-c1ccccc1)N1CC[C@@H]2C[C@@]21c1nc2cc(C(F)(F)F)c(Cl)cc2[nH]1. The summed E-state index contributed by atoms with van der Waals surface area (Å²) in [7, 11) is 0. The second-order valence-electron chi connectivity index (χ2n) is 8.91. The van der Waals surface area contributed by atoms with E-state index in [-0.39, 0.29) is 22.4 Å². The third-order valence-corrected chi connectivity index (χ3v) is 7.34. The number of aromatic nitrogens is 2. The van der Waals surface area contributed by atoms with Crippen LogP contribution in [0.25, 0.3) is 22.2 Å². The van der Waals surface area contributed by atoms with Gasteiger partial charge >= 0.3 is 6.18 Å². The van der Waals surface area contributed by atoms with Crippen molar-refractivity contribution in [3.05, 3.63) is 88.7 Å². The lowest BCUT2D eigenvalue weighted by Crippen LogP contribution is -2.39. The molecule has 34 heavy (non-hydrogen) atoms. The van der Waals surface area contributed by atoms with Gasteiger partial charge in [-0.2, -0.15) is 13.2 Å². The van der Waals surface area contributed by atoms with Crippen LogP contribution in [0.4, 0.5) is 13.2 Å². The van der Waals surface area contributed by atoms with Crippen LogP contribution in [0, 0.1) is 5.92 Å². The highest BCUT2D eigenvalue weighted by Crippen LogP contribution is 2.62. The summed E-state index contributed by atoms with van der Waals surface area (Å²) in [5, 5.41) is -0.379. The molecular weight excluding hydrogens is 463 g/mol. The molecule has 3 aromatic carbocycles. The Hall–Kier alpha value is -3.32. The third-order valence-electron chi connectivity index (χ3n) is 7.03. The molecule has 1 amide bonds. The summed E-state index contributed by atoms with van der Waals surface area (Å²) >= 11 is 5.90. The van der Waals surface area contributed by atoms with Gasteiger partial charge in [0.15, 0.2) is 0 Å². The molecule has 1 N–H and O–H groups in total. The number of nitrogens with one attached hydrogen (secondary N) is 1. The highest BCUT2D eigenvalue weighted by atomic mass is 35.5. The van der Waals surface area contributed by atoms with Gasteiger partial charge in [-0.15, -0.1) is 0 Å². The van der Waals surface area contributed by atoms with Gasteiger partial charge in [0, 0.05) is 12.1 Å². The first-order valence-corrected chi connectivity index (χ1v) is 11.4. The van der Waals surface area contributed by atoms with Gasteiger partial charge in [-0.3, -0.25) is 4.79 Å². The number of rotatable bonds is 3. The number of halogens is 4. The number of carbonyl (C=O) groups is 1. The van der Waals surface area contributed by atoms with Gasteiger partial charge in [0.2, 0.25) is 0 Å². The van der Waals surface area contributed by atoms with E-state index in [1.165, 1.54) is 6.07 Å². The molecule has 1 saturated carbocycles. The molecule has 4 aromatic rings. The average Bonchev–Trinajstić information content (AvgIpc) is 3.20. The van der Waals surface area contributed by atoms with Crippen LogP contribution in [0.5, 0.6) is 0 Å². The van der Waals surface area contributed by atoms with Crippen LogP contribution < -0.4 is 0 Å². The molecule has 2 fully saturated rings. The van der Waals surface area contributed by atoms with Gasteiger partial charge in [0.1, 0.15) is 11.4 Å². The average molecular weight is 482 g/mol. The van der Waals surface area contributed by atoms with Crippen molar-refractivity contribution in [1.29, 1.82) is 0 Å². The lowest BCUT2D eigenvalue weighted by molar-refractivity contribution is -0.137. The minimum atomic E-state index is -4.57. The number of H-pyrrole nitrogens is 1. The van der Waals surface area contributed by atoms with E-state index in [1.54, 1.807) is 0 Å². The molecule has 1 aromatic heterocycles. The van der Waals surface area contributed by atoms with Crippen LogP contribution >= 0.6 is 11.6 Å². The van der Waals surface area contributed by atoms with E-state index in [4.69, 9.17) is 11.6 Å². The van der Waals surface area contributed by atoms with Crippen molar-refractivity contribution in [3.63, 3.8) is 0 Å². The van der Waals surface area contributed by atoms with Gasteiger partial charge in [0.05, 0.1) is 21.6 Å².